The molecule has 0 spiro atoms. The molecule has 0 aliphatic carbocycles. The summed E-state index contributed by atoms with van der Waals surface area (Å²) < 4.78 is 10.5. The largest absolute Gasteiger partial charge is 0.454 e. The van der Waals surface area contributed by atoms with Crippen molar-refractivity contribution in [2.45, 2.75) is 18.9 Å². The third-order valence-corrected chi connectivity index (χ3v) is 2.91. The van der Waals surface area contributed by atoms with Crippen LogP contribution in [-0.4, -0.2) is 18.7 Å². The summed E-state index contributed by atoms with van der Waals surface area (Å²) in [5.41, 5.74) is 0.996. The highest BCUT2D eigenvalue weighted by Crippen LogP contribution is 2.37. The van der Waals surface area contributed by atoms with E-state index in [0.717, 1.165) is 17.1 Å². The fourth-order valence-electron chi connectivity index (χ4n) is 2.07. The lowest BCUT2D eigenvalue weighted by molar-refractivity contribution is -0.130. The first-order valence-electron chi connectivity index (χ1n) is 4.95. The van der Waals surface area contributed by atoms with Gasteiger partial charge in [-0.25, -0.2) is 0 Å². The molecular formula is C11H11NO3. The van der Waals surface area contributed by atoms with Gasteiger partial charge in [-0.1, -0.05) is 6.07 Å². The SMILES string of the molecule is CC1NC(=O)C1c1ccc2c(c1)OCO2. The van der Waals surface area contributed by atoms with E-state index in [9.17, 15) is 4.79 Å². The Labute approximate surface area is 87.2 Å². The maximum Gasteiger partial charge on any atom is 0.231 e. The van der Waals surface area contributed by atoms with Crippen LogP contribution in [0.2, 0.25) is 0 Å². The van der Waals surface area contributed by atoms with E-state index in [1.54, 1.807) is 0 Å². The third kappa shape index (κ3) is 1.17. The molecule has 2 heterocycles. The van der Waals surface area contributed by atoms with Crippen molar-refractivity contribution >= 4 is 5.91 Å². The number of hydrogen-bond donors (Lipinski definition) is 1. The van der Waals surface area contributed by atoms with Crippen molar-refractivity contribution in [3.05, 3.63) is 23.8 Å². The summed E-state index contributed by atoms with van der Waals surface area (Å²) in [6.07, 6.45) is 0. The first kappa shape index (κ1) is 8.59. The fourth-order valence-corrected chi connectivity index (χ4v) is 2.07. The van der Waals surface area contributed by atoms with Gasteiger partial charge in [-0.05, 0) is 24.6 Å². The number of ether oxygens (including phenoxy) is 2. The van der Waals surface area contributed by atoms with Crippen LogP contribution in [0, 0.1) is 0 Å². The molecular weight excluding hydrogens is 194 g/mol. The number of hydrogen-bond acceptors (Lipinski definition) is 3. The van der Waals surface area contributed by atoms with Crippen molar-refractivity contribution in [3.8, 4) is 11.5 Å². The van der Waals surface area contributed by atoms with Gasteiger partial charge in [-0.15, -0.1) is 0 Å². The van der Waals surface area contributed by atoms with Crippen molar-refractivity contribution in [3.63, 3.8) is 0 Å². The number of carbonyl (C=O) groups excluding carboxylic acids is 1. The molecule has 0 bridgehead atoms. The van der Waals surface area contributed by atoms with Gasteiger partial charge >= 0.3 is 0 Å². The third-order valence-electron chi connectivity index (χ3n) is 2.91. The van der Waals surface area contributed by atoms with E-state index >= 15 is 0 Å². The molecule has 0 saturated carbocycles. The van der Waals surface area contributed by atoms with Gasteiger partial charge in [-0.2, -0.15) is 0 Å². The predicted molar refractivity (Wildman–Crippen MR) is 52.9 cm³/mol. The van der Waals surface area contributed by atoms with Gasteiger partial charge in [0.25, 0.3) is 0 Å². The number of carbonyl (C=O) groups is 1. The number of amides is 1. The van der Waals surface area contributed by atoms with E-state index in [2.05, 4.69) is 5.32 Å². The van der Waals surface area contributed by atoms with E-state index in [0.29, 0.717) is 0 Å². The molecule has 1 N–H and O–H groups in total. The zero-order valence-corrected chi connectivity index (χ0v) is 8.32. The minimum Gasteiger partial charge on any atom is -0.454 e. The fraction of sp³-hybridized carbons (Fsp3) is 0.364. The Morgan fingerprint density at radius 2 is 2.13 bits per heavy atom. The van der Waals surface area contributed by atoms with E-state index in [1.807, 2.05) is 25.1 Å². The Balaban J connectivity index is 1.96. The number of fused-ring (bicyclic) bond motifs is 1. The van der Waals surface area contributed by atoms with Gasteiger partial charge in [-0.3, -0.25) is 4.79 Å². The predicted octanol–water partition coefficient (Wildman–Crippen LogP) is 1.02. The van der Waals surface area contributed by atoms with Crippen LogP contribution in [0.25, 0.3) is 0 Å². The summed E-state index contributed by atoms with van der Waals surface area (Å²) >= 11 is 0. The molecule has 2 aliphatic rings. The number of nitrogens with one attached hydrogen (secondary N) is 1. The minimum atomic E-state index is -0.0421. The number of rotatable bonds is 1. The van der Waals surface area contributed by atoms with Gasteiger partial charge in [0.2, 0.25) is 12.7 Å². The van der Waals surface area contributed by atoms with Crippen molar-refractivity contribution in [1.29, 1.82) is 0 Å². The lowest BCUT2D eigenvalue weighted by Gasteiger charge is -2.34. The zero-order chi connectivity index (χ0) is 10.4. The van der Waals surface area contributed by atoms with E-state index < -0.39 is 0 Å². The Bertz CT molecular complexity index is 430. The maximum atomic E-state index is 11.4. The normalized spacial score (nSPS) is 27.1. The molecule has 15 heavy (non-hydrogen) atoms. The number of benzene rings is 1. The van der Waals surface area contributed by atoms with E-state index in [-0.39, 0.29) is 24.7 Å². The first-order chi connectivity index (χ1) is 7.25. The minimum absolute atomic E-state index is 0.0421. The Hall–Kier alpha value is -1.71. The lowest BCUT2D eigenvalue weighted by atomic mass is 9.85. The second-order valence-electron chi connectivity index (χ2n) is 3.89. The van der Waals surface area contributed by atoms with E-state index in [1.165, 1.54) is 0 Å². The molecule has 0 radical (unpaired) electrons. The maximum absolute atomic E-state index is 11.4. The van der Waals surface area contributed by atoms with Crippen LogP contribution in [0.4, 0.5) is 0 Å². The van der Waals surface area contributed by atoms with Crippen LogP contribution in [0.3, 0.4) is 0 Å². The van der Waals surface area contributed by atoms with Crippen LogP contribution >= 0.6 is 0 Å². The molecule has 3 rings (SSSR count). The van der Waals surface area contributed by atoms with Crippen LogP contribution in [0.15, 0.2) is 18.2 Å². The standard InChI is InChI=1S/C11H11NO3/c1-6-10(11(13)12-6)7-2-3-8-9(4-7)15-5-14-8/h2-4,6,10H,5H2,1H3,(H,12,13). The monoisotopic (exact) mass is 205 g/mol. The van der Waals surface area contributed by atoms with Gasteiger partial charge in [0.05, 0.1) is 5.92 Å². The smallest absolute Gasteiger partial charge is 0.231 e. The highest BCUT2D eigenvalue weighted by molar-refractivity contribution is 5.91. The summed E-state index contributed by atoms with van der Waals surface area (Å²) in [4.78, 5) is 11.4. The molecule has 1 fully saturated rings. The van der Waals surface area contributed by atoms with Crippen LogP contribution in [0.1, 0.15) is 18.4 Å². The highest BCUT2D eigenvalue weighted by atomic mass is 16.7. The molecule has 1 amide bonds. The average Bonchev–Trinajstić information content (AvgIpc) is 2.64. The second kappa shape index (κ2) is 2.89. The van der Waals surface area contributed by atoms with Gasteiger partial charge in [0.15, 0.2) is 11.5 Å². The van der Waals surface area contributed by atoms with Gasteiger partial charge in [0, 0.05) is 6.04 Å². The summed E-state index contributed by atoms with van der Waals surface area (Å²) in [6.45, 7) is 2.27. The molecule has 0 aromatic heterocycles. The zero-order valence-electron chi connectivity index (χ0n) is 8.32. The average molecular weight is 205 g/mol. The molecule has 4 nitrogen and oxygen atoms in total. The van der Waals surface area contributed by atoms with Crippen LogP contribution in [-0.2, 0) is 4.79 Å². The van der Waals surface area contributed by atoms with Crippen molar-refractivity contribution in [1.82, 2.24) is 5.32 Å². The molecule has 1 aromatic carbocycles. The summed E-state index contributed by atoms with van der Waals surface area (Å²) in [7, 11) is 0. The first-order valence-corrected chi connectivity index (χ1v) is 4.95. The lowest BCUT2D eigenvalue weighted by Crippen LogP contribution is -2.54. The molecule has 78 valence electrons. The molecule has 2 aliphatic heterocycles. The Morgan fingerprint density at radius 3 is 2.87 bits per heavy atom. The second-order valence-corrected chi connectivity index (χ2v) is 3.89. The van der Waals surface area contributed by atoms with Crippen molar-refractivity contribution in [2.75, 3.05) is 6.79 Å². The van der Waals surface area contributed by atoms with Gasteiger partial charge < -0.3 is 14.8 Å². The van der Waals surface area contributed by atoms with Crippen LogP contribution in [0.5, 0.6) is 11.5 Å². The summed E-state index contributed by atoms with van der Waals surface area (Å²) in [5.74, 6) is 1.53. The molecule has 4 heteroatoms. The van der Waals surface area contributed by atoms with Crippen LogP contribution < -0.4 is 14.8 Å². The number of β-lactam (4-membered cyclic amide) rings is 1. The van der Waals surface area contributed by atoms with Gasteiger partial charge in [0.1, 0.15) is 0 Å². The van der Waals surface area contributed by atoms with Crippen molar-refractivity contribution < 1.29 is 14.3 Å². The van der Waals surface area contributed by atoms with Crippen molar-refractivity contribution in [2.24, 2.45) is 0 Å². The Morgan fingerprint density at radius 1 is 1.33 bits per heavy atom. The van der Waals surface area contributed by atoms with E-state index in [4.69, 9.17) is 9.47 Å². The molecule has 1 saturated heterocycles. The highest BCUT2D eigenvalue weighted by Gasteiger charge is 2.37. The molecule has 2 unspecified atom stereocenters. The summed E-state index contributed by atoms with van der Waals surface area (Å²) in [6, 6.07) is 5.88. The summed E-state index contributed by atoms with van der Waals surface area (Å²) in [5, 5.41) is 2.81. The quantitative estimate of drug-likeness (QED) is 0.696. The topological polar surface area (TPSA) is 47.6 Å². The molecule has 1 aromatic rings. The molecule has 2 atom stereocenters. The Kier molecular flexibility index (Phi) is 1.65.